The van der Waals surface area contributed by atoms with E-state index in [1.165, 1.54) is 14.1 Å². The quantitative estimate of drug-likeness (QED) is 0.707. The highest BCUT2D eigenvalue weighted by Gasteiger charge is 2.30. The molecule has 1 aromatic carbocycles. The summed E-state index contributed by atoms with van der Waals surface area (Å²) >= 11 is 0. The number of anilines is 1. The van der Waals surface area contributed by atoms with Crippen LogP contribution in [0.15, 0.2) is 33.9 Å². The summed E-state index contributed by atoms with van der Waals surface area (Å²) in [7, 11) is 2.76. The molecule has 9 heteroatoms. The van der Waals surface area contributed by atoms with E-state index in [0.29, 0.717) is 38.2 Å². The summed E-state index contributed by atoms with van der Waals surface area (Å²) < 4.78 is 1.99. The van der Waals surface area contributed by atoms with Crippen LogP contribution >= 0.6 is 0 Å². The monoisotopic (exact) mass is 427 g/mol. The average molecular weight is 428 g/mol. The van der Waals surface area contributed by atoms with E-state index in [-0.39, 0.29) is 17.3 Å². The van der Waals surface area contributed by atoms with Crippen LogP contribution in [0.5, 0.6) is 0 Å². The highest BCUT2D eigenvalue weighted by molar-refractivity contribution is 6.03. The Labute approximate surface area is 180 Å². The third-order valence-corrected chi connectivity index (χ3v) is 5.97. The first-order valence-corrected chi connectivity index (χ1v) is 10.3. The lowest BCUT2D eigenvalue weighted by molar-refractivity contribution is 0.0753. The van der Waals surface area contributed by atoms with E-state index in [1.807, 2.05) is 36.1 Å². The number of aryl methyl sites for hydroxylation is 1. The molecule has 0 spiro atoms. The topological polar surface area (TPSA) is 111 Å². The van der Waals surface area contributed by atoms with E-state index < -0.39 is 23.1 Å². The molecule has 0 saturated carbocycles. The lowest BCUT2D eigenvalue weighted by atomic mass is 10.1. The van der Waals surface area contributed by atoms with Crippen LogP contribution in [0.4, 0.5) is 5.82 Å². The lowest BCUT2D eigenvalue weighted by Gasteiger charge is -2.27. The third kappa shape index (κ3) is 4.32. The Morgan fingerprint density at radius 3 is 2.42 bits per heavy atom. The summed E-state index contributed by atoms with van der Waals surface area (Å²) in [6.07, 6.45) is 0.704. The van der Waals surface area contributed by atoms with Crippen molar-refractivity contribution in [2.24, 2.45) is 14.1 Å². The Hall–Kier alpha value is -3.20. The molecule has 1 atom stereocenters. The van der Waals surface area contributed by atoms with Crippen molar-refractivity contribution in [2.75, 3.05) is 31.9 Å². The number of nitrogens with zero attached hydrogens (tertiary/aromatic N) is 4. The molecular weight excluding hydrogens is 398 g/mol. The van der Waals surface area contributed by atoms with Gasteiger partial charge in [-0.3, -0.25) is 28.4 Å². The minimum Gasteiger partial charge on any atom is -0.384 e. The van der Waals surface area contributed by atoms with E-state index in [0.717, 1.165) is 14.7 Å². The van der Waals surface area contributed by atoms with Crippen molar-refractivity contribution >= 4 is 17.5 Å². The molecule has 1 saturated heterocycles. The molecule has 166 valence electrons. The number of carbonyl (C=O) groups excluding carboxylic acids is 2. The first-order chi connectivity index (χ1) is 14.6. The zero-order chi connectivity index (χ0) is 22.9. The van der Waals surface area contributed by atoms with Gasteiger partial charge < -0.3 is 10.6 Å². The van der Waals surface area contributed by atoms with Crippen LogP contribution < -0.4 is 17.0 Å². The molecule has 2 heterocycles. The van der Waals surface area contributed by atoms with Gasteiger partial charge in [-0.1, -0.05) is 17.7 Å². The predicted octanol–water partition coefficient (Wildman–Crippen LogP) is 0.394. The first kappa shape index (κ1) is 22.5. The molecule has 0 radical (unpaired) electrons. The summed E-state index contributed by atoms with van der Waals surface area (Å²) in [5.74, 6) is -0.580. The molecule has 1 aliphatic rings. The van der Waals surface area contributed by atoms with Crippen LogP contribution in [0.2, 0.25) is 0 Å². The molecule has 2 N–H and O–H groups in total. The second-order valence-electron chi connectivity index (χ2n) is 8.06. The van der Waals surface area contributed by atoms with Crippen molar-refractivity contribution in [3.8, 4) is 0 Å². The molecule has 1 fully saturated rings. The van der Waals surface area contributed by atoms with Crippen LogP contribution in [0.25, 0.3) is 0 Å². The van der Waals surface area contributed by atoms with Crippen molar-refractivity contribution in [3.05, 3.63) is 61.8 Å². The first-order valence-electron chi connectivity index (χ1n) is 10.3. The van der Waals surface area contributed by atoms with Gasteiger partial charge in [0.15, 0.2) is 5.78 Å². The molecular formula is C22H29N5O4. The van der Waals surface area contributed by atoms with E-state index in [1.54, 1.807) is 11.8 Å². The number of hydrogen-bond acceptors (Lipinski definition) is 6. The number of nitrogen functional groups attached to an aromatic ring is 1. The molecule has 1 amide bonds. The second-order valence-corrected chi connectivity index (χ2v) is 8.06. The zero-order valence-electron chi connectivity index (χ0n) is 18.4. The molecule has 3 rings (SSSR count). The minimum atomic E-state index is -0.691. The molecule has 0 bridgehead atoms. The number of Topliss-reactive ketones (excluding diaryl/α,β-unsaturated/α-hetero) is 1. The molecule has 9 nitrogen and oxygen atoms in total. The van der Waals surface area contributed by atoms with E-state index in [2.05, 4.69) is 0 Å². The number of amides is 1. The second kappa shape index (κ2) is 8.89. The van der Waals surface area contributed by atoms with Gasteiger partial charge in [0, 0.05) is 45.8 Å². The molecule has 1 unspecified atom stereocenters. The van der Waals surface area contributed by atoms with Gasteiger partial charge in [-0.2, -0.15) is 0 Å². The van der Waals surface area contributed by atoms with Gasteiger partial charge in [0.1, 0.15) is 11.4 Å². The predicted molar refractivity (Wildman–Crippen MR) is 118 cm³/mol. The normalized spacial score (nSPS) is 16.1. The number of ketones is 1. The standard InChI is InChI=1S/C22H29N5O4/c1-14-7-5-8-16(13-14)20(29)27-10-6-9-26(11-12-27)15(2)18(28)17-19(23)24(3)22(31)25(4)21(17)30/h5,7-8,13,15H,6,9-12,23H2,1-4H3. The van der Waals surface area contributed by atoms with E-state index >= 15 is 0 Å². The van der Waals surface area contributed by atoms with Crippen molar-refractivity contribution in [1.29, 1.82) is 0 Å². The maximum atomic E-state index is 13.2. The maximum absolute atomic E-state index is 13.2. The van der Waals surface area contributed by atoms with Gasteiger partial charge in [0.25, 0.3) is 11.5 Å². The molecule has 2 aromatic rings. The molecule has 1 aliphatic heterocycles. The Morgan fingerprint density at radius 1 is 1.03 bits per heavy atom. The van der Waals surface area contributed by atoms with E-state index in [4.69, 9.17) is 5.73 Å². The van der Waals surface area contributed by atoms with Crippen LogP contribution in [0.3, 0.4) is 0 Å². The Balaban J connectivity index is 1.78. The Morgan fingerprint density at radius 2 is 1.74 bits per heavy atom. The summed E-state index contributed by atoms with van der Waals surface area (Å²) in [6.45, 7) is 5.85. The molecule has 31 heavy (non-hydrogen) atoms. The van der Waals surface area contributed by atoms with Crippen molar-refractivity contribution < 1.29 is 9.59 Å². The highest BCUT2D eigenvalue weighted by atomic mass is 16.2. The van der Waals surface area contributed by atoms with Gasteiger partial charge >= 0.3 is 5.69 Å². The Kier molecular flexibility index (Phi) is 6.45. The summed E-state index contributed by atoms with van der Waals surface area (Å²) in [6, 6.07) is 6.88. The van der Waals surface area contributed by atoms with Crippen LogP contribution in [0.1, 0.15) is 39.6 Å². The minimum absolute atomic E-state index is 0.0271. The summed E-state index contributed by atoms with van der Waals surface area (Å²) in [5.41, 5.74) is 6.19. The number of aromatic nitrogens is 2. The molecule has 0 aliphatic carbocycles. The van der Waals surface area contributed by atoms with Gasteiger partial charge in [0.05, 0.1) is 6.04 Å². The van der Waals surface area contributed by atoms with Gasteiger partial charge in [-0.15, -0.1) is 0 Å². The fraction of sp³-hybridized carbons (Fsp3) is 0.455. The fourth-order valence-corrected chi connectivity index (χ4v) is 3.95. The zero-order valence-corrected chi connectivity index (χ0v) is 18.4. The largest absolute Gasteiger partial charge is 0.384 e. The van der Waals surface area contributed by atoms with Crippen molar-refractivity contribution in [3.63, 3.8) is 0 Å². The molecule has 1 aromatic heterocycles. The van der Waals surface area contributed by atoms with Crippen LogP contribution in [0, 0.1) is 6.92 Å². The van der Waals surface area contributed by atoms with Gasteiger partial charge in [-0.25, -0.2) is 4.79 Å². The van der Waals surface area contributed by atoms with Gasteiger partial charge in [-0.05, 0) is 32.4 Å². The van der Waals surface area contributed by atoms with Gasteiger partial charge in [0.2, 0.25) is 0 Å². The van der Waals surface area contributed by atoms with Crippen LogP contribution in [-0.4, -0.2) is 62.8 Å². The number of carbonyl (C=O) groups is 2. The lowest BCUT2D eigenvalue weighted by Crippen LogP contribution is -2.47. The number of nitrogens with two attached hydrogens (primary N) is 1. The van der Waals surface area contributed by atoms with Crippen molar-refractivity contribution in [1.82, 2.24) is 18.9 Å². The third-order valence-electron chi connectivity index (χ3n) is 5.97. The van der Waals surface area contributed by atoms with Crippen molar-refractivity contribution in [2.45, 2.75) is 26.3 Å². The number of hydrogen-bond donors (Lipinski definition) is 1. The smallest absolute Gasteiger partial charge is 0.332 e. The van der Waals surface area contributed by atoms with Crippen LogP contribution in [-0.2, 0) is 14.1 Å². The summed E-state index contributed by atoms with van der Waals surface area (Å²) in [4.78, 5) is 54.4. The fourth-order valence-electron chi connectivity index (χ4n) is 3.95. The SMILES string of the molecule is Cc1cccc(C(=O)N2CCCN(C(C)C(=O)c3c(N)n(C)c(=O)n(C)c3=O)CC2)c1. The number of rotatable bonds is 4. The Bertz CT molecular complexity index is 1130. The summed E-state index contributed by atoms with van der Waals surface area (Å²) in [5, 5.41) is 0. The number of benzene rings is 1. The average Bonchev–Trinajstić information content (AvgIpc) is 3.01. The highest BCUT2D eigenvalue weighted by Crippen LogP contribution is 2.15. The maximum Gasteiger partial charge on any atom is 0.332 e. The van der Waals surface area contributed by atoms with E-state index in [9.17, 15) is 19.2 Å².